The highest BCUT2D eigenvalue weighted by molar-refractivity contribution is 5.63. The first-order valence-corrected chi connectivity index (χ1v) is 4.73. The monoisotopic (exact) mass is 187 g/mol. The zero-order valence-corrected chi connectivity index (χ0v) is 8.16. The third-order valence-electron chi connectivity index (χ3n) is 2.33. The lowest BCUT2D eigenvalue weighted by molar-refractivity contribution is 0.582. The van der Waals surface area contributed by atoms with E-state index in [0.717, 1.165) is 23.4 Å². The predicted octanol–water partition coefficient (Wildman–Crippen LogP) is 3.09. The average molecular weight is 187 g/mol. The Hall–Kier alpha value is -1.70. The summed E-state index contributed by atoms with van der Waals surface area (Å²) in [6.07, 6.45) is 2.62. The minimum atomic E-state index is 0.850. The van der Waals surface area contributed by atoms with E-state index in [4.69, 9.17) is 10.2 Å². The molecular formula is C12H13NO. The summed E-state index contributed by atoms with van der Waals surface area (Å²) in [5, 5.41) is 0. The predicted molar refractivity (Wildman–Crippen MR) is 57.9 cm³/mol. The Morgan fingerprint density at radius 2 is 2.14 bits per heavy atom. The summed E-state index contributed by atoms with van der Waals surface area (Å²) in [5.41, 5.74) is 8.92. The number of benzene rings is 1. The van der Waals surface area contributed by atoms with Crippen molar-refractivity contribution in [2.24, 2.45) is 0 Å². The molecule has 0 aliphatic carbocycles. The molecule has 2 aromatic rings. The number of aryl methyl sites for hydroxylation is 1. The number of nitrogens with two attached hydrogens (primary N) is 1. The smallest absolute Gasteiger partial charge is 0.133 e. The third-order valence-corrected chi connectivity index (χ3v) is 2.33. The van der Waals surface area contributed by atoms with Crippen LogP contribution in [0.25, 0.3) is 11.3 Å². The quantitative estimate of drug-likeness (QED) is 0.734. The zero-order valence-electron chi connectivity index (χ0n) is 8.16. The van der Waals surface area contributed by atoms with Gasteiger partial charge in [-0.1, -0.05) is 6.92 Å². The second-order valence-electron chi connectivity index (χ2n) is 3.24. The van der Waals surface area contributed by atoms with Gasteiger partial charge in [-0.15, -0.1) is 0 Å². The fourth-order valence-corrected chi connectivity index (χ4v) is 1.51. The number of hydrogen-bond acceptors (Lipinski definition) is 2. The van der Waals surface area contributed by atoms with E-state index in [9.17, 15) is 0 Å². The molecule has 0 radical (unpaired) electrons. The maximum Gasteiger partial charge on any atom is 0.133 e. The fraction of sp³-hybridized carbons (Fsp3) is 0.167. The van der Waals surface area contributed by atoms with Crippen molar-refractivity contribution in [3.63, 3.8) is 0 Å². The number of hydrogen-bond donors (Lipinski definition) is 1. The van der Waals surface area contributed by atoms with E-state index in [1.54, 1.807) is 6.26 Å². The first kappa shape index (κ1) is 8.88. The second kappa shape index (κ2) is 3.58. The SMILES string of the molecule is CCc1cc(-c2ccco2)ccc1N. The molecule has 2 heteroatoms. The number of nitrogen functional groups attached to an aromatic ring is 1. The molecule has 1 heterocycles. The summed E-state index contributed by atoms with van der Waals surface area (Å²) in [5.74, 6) is 0.889. The van der Waals surface area contributed by atoms with E-state index in [1.165, 1.54) is 5.56 Å². The van der Waals surface area contributed by atoms with Gasteiger partial charge in [0.15, 0.2) is 0 Å². The van der Waals surface area contributed by atoms with Crippen molar-refractivity contribution in [1.29, 1.82) is 0 Å². The molecule has 0 atom stereocenters. The van der Waals surface area contributed by atoms with Crippen molar-refractivity contribution in [1.82, 2.24) is 0 Å². The minimum Gasteiger partial charge on any atom is -0.464 e. The molecule has 72 valence electrons. The number of furan rings is 1. The molecule has 2 N–H and O–H groups in total. The molecule has 0 aliphatic heterocycles. The van der Waals surface area contributed by atoms with Crippen LogP contribution in [0.3, 0.4) is 0 Å². The Morgan fingerprint density at radius 1 is 1.29 bits per heavy atom. The second-order valence-corrected chi connectivity index (χ2v) is 3.24. The summed E-state index contributed by atoms with van der Waals surface area (Å²) in [6, 6.07) is 9.82. The Labute approximate surface area is 83.4 Å². The van der Waals surface area contributed by atoms with Crippen molar-refractivity contribution in [3.05, 3.63) is 42.2 Å². The Bertz CT molecular complexity index is 418. The van der Waals surface area contributed by atoms with Gasteiger partial charge in [0.2, 0.25) is 0 Å². The summed E-state index contributed by atoms with van der Waals surface area (Å²) in [6.45, 7) is 2.09. The van der Waals surface area contributed by atoms with Gasteiger partial charge in [-0.2, -0.15) is 0 Å². The largest absolute Gasteiger partial charge is 0.464 e. The molecule has 1 aromatic heterocycles. The third kappa shape index (κ3) is 1.51. The van der Waals surface area contributed by atoms with Crippen molar-refractivity contribution >= 4 is 5.69 Å². The Balaban J connectivity index is 2.46. The summed E-state index contributed by atoms with van der Waals surface area (Å²) in [7, 11) is 0. The van der Waals surface area contributed by atoms with Crippen LogP contribution in [0.2, 0.25) is 0 Å². The van der Waals surface area contributed by atoms with E-state index in [-0.39, 0.29) is 0 Å². The van der Waals surface area contributed by atoms with Gasteiger partial charge < -0.3 is 10.2 Å². The molecular weight excluding hydrogens is 174 g/mol. The highest BCUT2D eigenvalue weighted by atomic mass is 16.3. The van der Waals surface area contributed by atoms with Crippen LogP contribution in [0, 0.1) is 0 Å². The van der Waals surface area contributed by atoms with Gasteiger partial charge in [0.1, 0.15) is 5.76 Å². The molecule has 0 bridgehead atoms. The van der Waals surface area contributed by atoms with Crippen LogP contribution < -0.4 is 5.73 Å². The first-order valence-electron chi connectivity index (χ1n) is 4.73. The van der Waals surface area contributed by atoms with E-state index in [2.05, 4.69) is 13.0 Å². The van der Waals surface area contributed by atoms with Crippen LogP contribution in [0.5, 0.6) is 0 Å². The van der Waals surface area contributed by atoms with E-state index >= 15 is 0 Å². The van der Waals surface area contributed by atoms with Crippen molar-refractivity contribution < 1.29 is 4.42 Å². The zero-order chi connectivity index (χ0) is 9.97. The van der Waals surface area contributed by atoms with Crippen LogP contribution in [0.1, 0.15) is 12.5 Å². The summed E-state index contributed by atoms with van der Waals surface area (Å²) < 4.78 is 5.32. The van der Waals surface area contributed by atoms with Crippen LogP contribution in [-0.4, -0.2) is 0 Å². The number of anilines is 1. The van der Waals surface area contributed by atoms with Gasteiger partial charge in [-0.05, 0) is 42.3 Å². The van der Waals surface area contributed by atoms with Crippen molar-refractivity contribution in [2.45, 2.75) is 13.3 Å². The van der Waals surface area contributed by atoms with E-state index < -0.39 is 0 Å². The minimum absolute atomic E-state index is 0.850. The maximum atomic E-state index is 5.82. The molecule has 1 aromatic carbocycles. The van der Waals surface area contributed by atoms with Gasteiger partial charge in [0, 0.05) is 11.3 Å². The number of rotatable bonds is 2. The molecule has 14 heavy (non-hydrogen) atoms. The lowest BCUT2D eigenvalue weighted by atomic mass is 10.1. The molecule has 0 amide bonds. The summed E-state index contributed by atoms with van der Waals surface area (Å²) in [4.78, 5) is 0. The molecule has 2 nitrogen and oxygen atoms in total. The molecule has 0 aliphatic rings. The maximum absolute atomic E-state index is 5.82. The van der Waals surface area contributed by atoms with Crippen LogP contribution in [0.15, 0.2) is 41.0 Å². The van der Waals surface area contributed by atoms with Gasteiger partial charge in [-0.25, -0.2) is 0 Å². The van der Waals surface area contributed by atoms with E-state index in [0.29, 0.717) is 0 Å². The van der Waals surface area contributed by atoms with E-state index in [1.807, 2.05) is 24.3 Å². The molecule has 2 rings (SSSR count). The van der Waals surface area contributed by atoms with Crippen LogP contribution in [-0.2, 0) is 6.42 Å². The normalized spacial score (nSPS) is 10.4. The highest BCUT2D eigenvalue weighted by Crippen LogP contribution is 2.24. The van der Waals surface area contributed by atoms with Crippen molar-refractivity contribution in [3.8, 4) is 11.3 Å². The highest BCUT2D eigenvalue weighted by Gasteiger charge is 2.03. The van der Waals surface area contributed by atoms with Gasteiger partial charge >= 0.3 is 0 Å². The first-order chi connectivity index (χ1) is 6.81. The molecule has 0 fully saturated rings. The summed E-state index contributed by atoms with van der Waals surface area (Å²) >= 11 is 0. The standard InChI is InChI=1S/C12H13NO/c1-2-9-8-10(5-6-11(9)13)12-4-3-7-14-12/h3-8H,2,13H2,1H3. The lowest BCUT2D eigenvalue weighted by Crippen LogP contribution is -1.92. The molecule has 0 unspecified atom stereocenters. The topological polar surface area (TPSA) is 39.2 Å². The lowest BCUT2D eigenvalue weighted by Gasteiger charge is -2.04. The van der Waals surface area contributed by atoms with Gasteiger partial charge in [0.05, 0.1) is 6.26 Å². The Kier molecular flexibility index (Phi) is 2.27. The fourth-order valence-electron chi connectivity index (χ4n) is 1.51. The average Bonchev–Trinajstić information content (AvgIpc) is 2.71. The Morgan fingerprint density at radius 3 is 2.79 bits per heavy atom. The molecule has 0 saturated carbocycles. The van der Waals surface area contributed by atoms with Crippen LogP contribution in [0.4, 0.5) is 5.69 Å². The van der Waals surface area contributed by atoms with Crippen molar-refractivity contribution in [2.75, 3.05) is 5.73 Å². The van der Waals surface area contributed by atoms with Gasteiger partial charge in [0.25, 0.3) is 0 Å². The molecule has 0 saturated heterocycles. The van der Waals surface area contributed by atoms with Crippen LogP contribution >= 0.6 is 0 Å². The molecule has 0 spiro atoms. The van der Waals surface area contributed by atoms with Gasteiger partial charge in [-0.3, -0.25) is 0 Å².